The van der Waals surface area contributed by atoms with E-state index in [4.69, 9.17) is 4.74 Å². The van der Waals surface area contributed by atoms with Gasteiger partial charge in [0.2, 0.25) is 5.91 Å². The smallest absolute Gasteiger partial charge is 0.236 e. The van der Waals surface area contributed by atoms with Crippen LogP contribution in [-0.2, 0) is 9.53 Å². The molecule has 1 amide bonds. The van der Waals surface area contributed by atoms with Gasteiger partial charge in [0.25, 0.3) is 0 Å². The zero-order chi connectivity index (χ0) is 12.7. The van der Waals surface area contributed by atoms with Gasteiger partial charge in [-0.2, -0.15) is 0 Å². The maximum absolute atomic E-state index is 11.9. The van der Waals surface area contributed by atoms with Gasteiger partial charge in [0.15, 0.2) is 0 Å². The number of hydrogen-bond acceptors (Lipinski definition) is 4. The van der Waals surface area contributed by atoms with Crippen molar-refractivity contribution in [2.24, 2.45) is 0 Å². The number of nitrogens with one attached hydrogen (secondary N) is 1. The van der Waals surface area contributed by atoms with Gasteiger partial charge in [-0.25, -0.2) is 0 Å². The minimum atomic E-state index is 0.0991. The molecule has 0 saturated carbocycles. The third-order valence-electron chi connectivity index (χ3n) is 2.69. The molecular weight excluding hydrogens is 236 g/mol. The molecule has 96 valence electrons. The molecule has 4 nitrogen and oxygen atoms in total. The lowest BCUT2D eigenvalue weighted by atomic mass is 10.2. The van der Waals surface area contributed by atoms with Gasteiger partial charge in [-0.15, -0.1) is 11.3 Å². The van der Waals surface area contributed by atoms with Crippen LogP contribution in [0.5, 0.6) is 0 Å². The van der Waals surface area contributed by atoms with Gasteiger partial charge in [0.05, 0.1) is 19.2 Å². The van der Waals surface area contributed by atoms with Crippen molar-refractivity contribution in [3.8, 4) is 0 Å². The Morgan fingerprint density at radius 3 is 3.00 bits per heavy atom. The van der Waals surface area contributed by atoms with E-state index in [1.807, 2.05) is 25.4 Å². The van der Waals surface area contributed by atoms with Crippen molar-refractivity contribution in [2.45, 2.75) is 13.0 Å². The average Bonchev–Trinajstić information content (AvgIpc) is 2.86. The number of thiophene rings is 1. The van der Waals surface area contributed by atoms with E-state index in [1.54, 1.807) is 23.3 Å². The molecule has 1 unspecified atom stereocenters. The highest BCUT2D eigenvalue weighted by Gasteiger charge is 2.17. The van der Waals surface area contributed by atoms with Crippen LogP contribution in [-0.4, -0.2) is 44.7 Å². The highest BCUT2D eigenvalue weighted by atomic mass is 32.1. The van der Waals surface area contributed by atoms with Crippen LogP contribution in [0.15, 0.2) is 17.5 Å². The fraction of sp³-hybridized carbons (Fsp3) is 0.583. The number of rotatable bonds is 7. The first-order valence-electron chi connectivity index (χ1n) is 5.65. The lowest BCUT2D eigenvalue weighted by molar-refractivity contribution is -0.130. The normalized spacial score (nSPS) is 12.4. The molecule has 0 aromatic carbocycles. The summed E-state index contributed by atoms with van der Waals surface area (Å²) in [6, 6.07) is 4.19. The van der Waals surface area contributed by atoms with Crippen molar-refractivity contribution in [2.75, 3.05) is 33.9 Å². The van der Waals surface area contributed by atoms with E-state index in [0.29, 0.717) is 19.7 Å². The Labute approximate surface area is 107 Å². The zero-order valence-corrected chi connectivity index (χ0v) is 11.4. The zero-order valence-electron chi connectivity index (χ0n) is 10.6. The van der Waals surface area contributed by atoms with Crippen molar-refractivity contribution in [3.05, 3.63) is 22.4 Å². The van der Waals surface area contributed by atoms with Gasteiger partial charge in [-0.3, -0.25) is 4.79 Å². The van der Waals surface area contributed by atoms with Gasteiger partial charge >= 0.3 is 0 Å². The number of ether oxygens (including phenoxy) is 1. The van der Waals surface area contributed by atoms with E-state index in [9.17, 15) is 4.79 Å². The Morgan fingerprint density at radius 1 is 1.65 bits per heavy atom. The standard InChI is InChI=1S/C12H20N2O2S/c1-10(11-5-4-8-17-11)14(2)12(15)9-13-6-7-16-3/h4-5,8,10,13H,6-7,9H2,1-3H3. The van der Waals surface area contributed by atoms with Crippen LogP contribution in [0.25, 0.3) is 0 Å². The van der Waals surface area contributed by atoms with Crippen molar-refractivity contribution in [1.29, 1.82) is 0 Å². The second-order valence-corrected chi connectivity index (χ2v) is 4.84. The summed E-state index contributed by atoms with van der Waals surface area (Å²) in [5.41, 5.74) is 0. The number of amides is 1. The Balaban J connectivity index is 2.36. The molecule has 0 saturated heterocycles. The largest absolute Gasteiger partial charge is 0.383 e. The van der Waals surface area contributed by atoms with E-state index in [0.717, 1.165) is 0 Å². The summed E-state index contributed by atoms with van der Waals surface area (Å²) in [5, 5.41) is 5.08. The van der Waals surface area contributed by atoms with Crippen molar-refractivity contribution < 1.29 is 9.53 Å². The molecule has 1 atom stereocenters. The molecule has 0 aliphatic carbocycles. The molecule has 0 spiro atoms. The van der Waals surface area contributed by atoms with Crippen molar-refractivity contribution in [3.63, 3.8) is 0 Å². The average molecular weight is 256 g/mol. The molecule has 0 radical (unpaired) electrons. The summed E-state index contributed by atoms with van der Waals surface area (Å²) >= 11 is 1.67. The molecular formula is C12H20N2O2S. The van der Waals surface area contributed by atoms with Crippen LogP contribution >= 0.6 is 11.3 Å². The second kappa shape index (κ2) is 7.42. The number of nitrogens with zero attached hydrogens (tertiary/aromatic N) is 1. The summed E-state index contributed by atoms with van der Waals surface area (Å²) in [6.07, 6.45) is 0. The van der Waals surface area contributed by atoms with Crippen LogP contribution in [0, 0.1) is 0 Å². The highest BCUT2D eigenvalue weighted by Crippen LogP contribution is 2.23. The monoisotopic (exact) mass is 256 g/mol. The maximum atomic E-state index is 11.9. The van der Waals surface area contributed by atoms with Crippen LogP contribution in [0.1, 0.15) is 17.8 Å². The first-order chi connectivity index (χ1) is 8.16. The molecule has 17 heavy (non-hydrogen) atoms. The molecule has 0 aliphatic rings. The first-order valence-corrected chi connectivity index (χ1v) is 6.53. The van der Waals surface area contributed by atoms with Gasteiger partial charge in [0, 0.05) is 25.6 Å². The molecule has 1 N–H and O–H groups in total. The summed E-state index contributed by atoms with van der Waals surface area (Å²) in [6.45, 7) is 3.72. The number of likely N-dealkylation sites (N-methyl/N-ethyl adjacent to an activating group) is 1. The Morgan fingerprint density at radius 2 is 2.41 bits per heavy atom. The predicted molar refractivity (Wildman–Crippen MR) is 70.2 cm³/mol. The Kier molecular flexibility index (Phi) is 6.18. The summed E-state index contributed by atoms with van der Waals surface area (Å²) in [7, 11) is 3.49. The minimum absolute atomic E-state index is 0.0991. The molecule has 5 heteroatoms. The fourth-order valence-electron chi connectivity index (χ4n) is 1.43. The van der Waals surface area contributed by atoms with Crippen LogP contribution in [0.3, 0.4) is 0 Å². The summed E-state index contributed by atoms with van der Waals surface area (Å²) in [5.74, 6) is 0.0991. The number of carbonyl (C=O) groups excluding carboxylic acids is 1. The topological polar surface area (TPSA) is 41.6 Å². The van der Waals surface area contributed by atoms with Crippen LogP contribution in [0.2, 0.25) is 0 Å². The molecule has 0 fully saturated rings. The summed E-state index contributed by atoms with van der Waals surface area (Å²) < 4.78 is 4.90. The fourth-order valence-corrected chi connectivity index (χ4v) is 2.26. The Bertz CT molecular complexity index is 327. The first kappa shape index (κ1) is 14.2. The van der Waals surface area contributed by atoms with E-state index < -0.39 is 0 Å². The molecule has 0 aliphatic heterocycles. The number of methoxy groups -OCH3 is 1. The Hall–Kier alpha value is -0.910. The van der Waals surface area contributed by atoms with Crippen LogP contribution < -0.4 is 5.32 Å². The van der Waals surface area contributed by atoms with Crippen molar-refractivity contribution in [1.82, 2.24) is 10.2 Å². The quantitative estimate of drug-likeness (QED) is 0.752. The van der Waals surface area contributed by atoms with E-state index in [2.05, 4.69) is 11.4 Å². The van der Waals surface area contributed by atoms with Gasteiger partial charge in [-0.05, 0) is 18.4 Å². The molecule has 1 aromatic rings. The van der Waals surface area contributed by atoms with E-state index >= 15 is 0 Å². The number of carbonyl (C=O) groups is 1. The van der Waals surface area contributed by atoms with Crippen LogP contribution in [0.4, 0.5) is 0 Å². The highest BCUT2D eigenvalue weighted by molar-refractivity contribution is 7.10. The summed E-state index contributed by atoms with van der Waals surface area (Å²) in [4.78, 5) is 14.8. The van der Waals surface area contributed by atoms with E-state index in [-0.39, 0.29) is 11.9 Å². The van der Waals surface area contributed by atoms with Gasteiger partial charge in [-0.1, -0.05) is 6.07 Å². The maximum Gasteiger partial charge on any atom is 0.236 e. The van der Waals surface area contributed by atoms with E-state index in [1.165, 1.54) is 4.88 Å². The lowest BCUT2D eigenvalue weighted by Crippen LogP contribution is -2.37. The third kappa shape index (κ3) is 4.46. The van der Waals surface area contributed by atoms with Crippen molar-refractivity contribution >= 4 is 17.2 Å². The predicted octanol–water partition coefficient (Wildman–Crippen LogP) is 1.50. The third-order valence-corrected chi connectivity index (χ3v) is 3.73. The SMILES string of the molecule is COCCNCC(=O)N(C)C(C)c1cccs1. The lowest BCUT2D eigenvalue weighted by Gasteiger charge is -2.24. The molecule has 0 bridgehead atoms. The van der Waals surface area contributed by atoms with Gasteiger partial charge in [0.1, 0.15) is 0 Å². The molecule has 1 rings (SSSR count). The number of hydrogen-bond donors (Lipinski definition) is 1. The minimum Gasteiger partial charge on any atom is -0.383 e. The second-order valence-electron chi connectivity index (χ2n) is 3.87. The van der Waals surface area contributed by atoms with Gasteiger partial charge < -0.3 is 15.0 Å². The molecule has 1 aromatic heterocycles. The molecule has 1 heterocycles.